The van der Waals surface area contributed by atoms with E-state index in [-0.39, 0.29) is 5.78 Å². The molecule has 0 bridgehead atoms. The van der Waals surface area contributed by atoms with Gasteiger partial charge in [-0.1, -0.05) is 83.3 Å². The van der Waals surface area contributed by atoms with Crippen molar-refractivity contribution in [2.75, 3.05) is 0 Å². The molecular formula is C15H11IO. The van der Waals surface area contributed by atoms with E-state index in [0.717, 1.165) is 16.7 Å². The Kier molecular flexibility index (Phi) is 4.09. The SMILES string of the molecule is O=C(C(=CI)c1ccccc1)c1ccccc1. The predicted molar refractivity (Wildman–Crippen MR) is 79.2 cm³/mol. The molecule has 0 aliphatic carbocycles. The van der Waals surface area contributed by atoms with E-state index in [0.29, 0.717) is 0 Å². The van der Waals surface area contributed by atoms with E-state index in [1.54, 1.807) is 0 Å². The van der Waals surface area contributed by atoms with Crippen LogP contribution in [0.4, 0.5) is 0 Å². The lowest BCUT2D eigenvalue weighted by Crippen LogP contribution is -2.01. The molecule has 0 aromatic heterocycles. The maximum absolute atomic E-state index is 12.3. The minimum absolute atomic E-state index is 0.0613. The van der Waals surface area contributed by atoms with Crippen molar-refractivity contribution in [1.82, 2.24) is 0 Å². The highest BCUT2D eigenvalue weighted by Crippen LogP contribution is 2.21. The summed E-state index contributed by atoms with van der Waals surface area (Å²) in [6.45, 7) is 0. The number of hydrogen-bond donors (Lipinski definition) is 0. The van der Waals surface area contributed by atoms with E-state index in [1.807, 2.05) is 64.7 Å². The number of ketones is 1. The second kappa shape index (κ2) is 5.77. The summed E-state index contributed by atoms with van der Waals surface area (Å²) in [7, 11) is 0. The van der Waals surface area contributed by atoms with Gasteiger partial charge < -0.3 is 0 Å². The molecule has 0 fully saturated rings. The molecule has 0 aliphatic heterocycles. The van der Waals surface area contributed by atoms with Crippen molar-refractivity contribution in [2.45, 2.75) is 0 Å². The lowest BCUT2D eigenvalue weighted by Gasteiger charge is -2.05. The number of hydrogen-bond acceptors (Lipinski definition) is 1. The second-order valence-electron chi connectivity index (χ2n) is 3.58. The molecule has 2 heteroatoms. The molecular weight excluding hydrogens is 323 g/mol. The van der Waals surface area contributed by atoms with Gasteiger partial charge in [0.15, 0.2) is 5.78 Å². The first-order chi connectivity index (χ1) is 8.33. The summed E-state index contributed by atoms with van der Waals surface area (Å²) in [5.41, 5.74) is 2.41. The molecule has 0 saturated heterocycles. The zero-order valence-corrected chi connectivity index (χ0v) is 11.3. The Morgan fingerprint density at radius 1 is 0.824 bits per heavy atom. The molecule has 0 spiro atoms. The number of Topliss-reactive ketones (excluding diaryl/α,β-unsaturated/α-hetero) is 1. The minimum Gasteiger partial charge on any atom is -0.289 e. The topological polar surface area (TPSA) is 17.1 Å². The van der Waals surface area contributed by atoms with Gasteiger partial charge in [-0.25, -0.2) is 0 Å². The fourth-order valence-corrected chi connectivity index (χ4v) is 2.25. The quantitative estimate of drug-likeness (QED) is 0.463. The Morgan fingerprint density at radius 3 is 1.76 bits per heavy atom. The molecule has 1 nitrogen and oxygen atoms in total. The summed E-state index contributed by atoms with van der Waals surface area (Å²) in [4.78, 5) is 12.3. The predicted octanol–water partition coefficient (Wildman–Crippen LogP) is 4.35. The highest BCUT2D eigenvalue weighted by molar-refractivity contribution is 14.1. The van der Waals surface area contributed by atoms with Gasteiger partial charge in [-0.15, -0.1) is 0 Å². The van der Waals surface area contributed by atoms with Gasteiger partial charge in [0.25, 0.3) is 0 Å². The van der Waals surface area contributed by atoms with Crippen molar-refractivity contribution in [3.05, 3.63) is 75.9 Å². The van der Waals surface area contributed by atoms with Crippen molar-refractivity contribution < 1.29 is 4.79 Å². The molecule has 0 N–H and O–H groups in total. The Morgan fingerprint density at radius 2 is 1.29 bits per heavy atom. The fraction of sp³-hybridized carbons (Fsp3) is 0. The third kappa shape index (κ3) is 2.82. The number of halogens is 1. The Hall–Kier alpha value is -1.42. The Bertz CT molecular complexity index is 529. The maximum Gasteiger partial charge on any atom is 0.194 e. The van der Waals surface area contributed by atoms with Crippen molar-refractivity contribution in [2.24, 2.45) is 0 Å². The number of benzene rings is 2. The van der Waals surface area contributed by atoms with Crippen molar-refractivity contribution >= 4 is 33.9 Å². The molecule has 17 heavy (non-hydrogen) atoms. The first kappa shape index (κ1) is 12.0. The molecule has 2 rings (SSSR count). The average Bonchev–Trinajstić information content (AvgIpc) is 2.42. The van der Waals surface area contributed by atoms with Gasteiger partial charge in [0.05, 0.1) is 0 Å². The lowest BCUT2D eigenvalue weighted by molar-refractivity contribution is 0.105. The summed E-state index contributed by atoms with van der Waals surface area (Å²) in [6, 6.07) is 19.1. The van der Waals surface area contributed by atoms with Crippen LogP contribution < -0.4 is 0 Å². The van der Waals surface area contributed by atoms with Crippen molar-refractivity contribution in [1.29, 1.82) is 0 Å². The summed E-state index contributed by atoms with van der Waals surface area (Å²) in [6.07, 6.45) is 0. The van der Waals surface area contributed by atoms with Gasteiger partial charge in [0, 0.05) is 11.1 Å². The Labute approximate surface area is 114 Å². The van der Waals surface area contributed by atoms with Crippen LogP contribution >= 0.6 is 22.6 Å². The number of rotatable bonds is 3. The molecule has 0 amide bonds. The average molecular weight is 334 g/mol. The summed E-state index contributed by atoms with van der Waals surface area (Å²) in [5, 5.41) is 0. The van der Waals surface area contributed by atoms with Crippen LogP contribution in [0.15, 0.2) is 64.7 Å². The molecule has 0 unspecified atom stereocenters. The van der Waals surface area contributed by atoms with Crippen molar-refractivity contribution in [3.63, 3.8) is 0 Å². The molecule has 0 radical (unpaired) electrons. The molecule has 0 saturated carbocycles. The van der Waals surface area contributed by atoms with Gasteiger partial charge in [-0.2, -0.15) is 0 Å². The van der Waals surface area contributed by atoms with Crippen LogP contribution in [0.3, 0.4) is 0 Å². The number of allylic oxidation sites excluding steroid dienone is 1. The minimum atomic E-state index is 0.0613. The molecule has 0 atom stereocenters. The van der Waals surface area contributed by atoms with Crippen LogP contribution in [0.5, 0.6) is 0 Å². The van der Waals surface area contributed by atoms with Crippen LogP contribution in [0.25, 0.3) is 5.57 Å². The van der Waals surface area contributed by atoms with Crippen LogP contribution in [0.1, 0.15) is 15.9 Å². The van der Waals surface area contributed by atoms with Crippen LogP contribution in [-0.4, -0.2) is 5.78 Å². The number of carbonyl (C=O) groups is 1. The third-order valence-electron chi connectivity index (χ3n) is 2.47. The highest BCUT2D eigenvalue weighted by atomic mass is 127. The van der Waals surface area contributed by atoms with Gasteiger partial charge in [0.1, 0.15) is 0 Å². The van der Waals surface area contributed by atoms with E-state index in [9.17, 15) is 4.79 Å². The monoisotopic (exact) mass is 334 g/mol. The highest BCUT2D eigenvalue weighted by Gasteiger charge is 2.12. The maximum atomic E-state index is 12.3. The molecule has 0 heterocycles. The van der Waals surface area contributed by atoms with Gasteiger partial charge in [0.2, 0.25) is 0 Å². The molecule has 2 aromatic carbocycles. The second-order valence-corrected chi connectivity index (χ2v) is 4.21. The number of carbonyl (C=O) groups excluding carboxylic acids is 1. The molecule has 84 valence electrons. The largest absolute Gasteiger partial charge is 0.289 e. The van der Waals surface area contributed by atoms with Crippen molar-refractivity contribution in [3.8, 4) is 0 Å². The van der Waals surface area contributed by atoms with Gasteiger partial charge in [-0.05, 0) is 9.65 Å². The fourth-order valence-electron chi connectivity index (χ4n) is 1.61. The first-order valence-electron chi connectivity index (χ1n) is 5.28. The Balaban J connectivity index is 2.37. The summed E-state index contributed by atoms with van der Waals surface area (Å²) in [5.74, 6) is 0.0613. The standard InChI is InChI=1S/C15H11IO/c16-11-14(12-7-3-1-4-8-12)15(17)13-9-5-2-6-10-13/h1-11H. The van der Waals surface area contributed by atoms with E-state index in [2.05, 4.69) is 22.6 Å². The van der Waals surface area contributed by atoms with E-state index in [1.165, 1.54) is 0 Å². The lowest BCUT2D eigenvalue weighted by atomic mass is 9.98. The first-order valence-corrected chi connectivity index (χ1v) is 6.53. The van der Waals surface area contributed by atoms with E-state index in [4.69, 9.17) is 0 Å². The zero-order chi connectivity index (χ0) is 12.1. The normalized spacial score (nSPS) is 11.2. The van der Waals surface area contributed by atoms with Gasteiger partial charge >= 0.3 is 0 Å². The van der Waals surface area contributed by atoms with E-state index < -0.39 is 0 Å². The summed E-state index contributed by atoms with van der Waals surface area (Å²) >= 11 is 2.11. The van der Waals surface area contributed by atoms with Crippen LogP contribution in [0, 0.1) is 0 Å². The smallest absolute Gasteiger partial charge is 0.194 e. The van der Waals surface area contributed by atoms with E-state index >= 15 is 0 Å². The van der Waals surface area contributed by atoms with Gasteiger partial charge in [-0.3, -0.25) is 4.79 Å². The van der Waals surface area contributed by atoms with Crippen LogP contribution in [0.2, 0.25) is 0 Å². The van der Waals surface area contributed by atoms with Crippen LogP contribution in [-0.2, 0) is 0 Å². The molecule has 2 aromatic rings. The molecule has 0 aliphatic rings. The summed E-state index contributed by atoms with van der Waals surface area (Å²) < 4.78 is 1.84. The zero-order valence-electron chi connectivity index (χ0n) is 9.14. The third-order valence-corrected chi connectivity index (χ3v) is 3.10.